The summed E-state index contributed by atoms with van der Waals surface area (Å²) in [6.45, 7) is 0. The van der Waals surface area contributed by atoms with Gasteiger partial charge < -0.3 is 4.74 Å². The molecule has 0 fully saturated rings. The first kappa shape index (κ1) is 10.3. The van der Waals surface area contributed by atoms with Crippen LogP contribution in [0.15, 0.2) is 35.5 Å². The van der Waals surface area contributed by atoms with Crippen molar-refractivity contribution >= 4 is 22.7 Å². The molecule has 0 bridgehead atoms. The predicted octanol–water partition coefficient (Wildman–Crippen LogP) is 3.06. The van der Waals surface area contributed by atoms with Gasteiger partial charge in [-0.2, -0.15) is 0 Å². The monoisotopic (exact) mass is 215 g/mol. The van der Waals surface area contributed by atoms with Gasteiger partial charge in [0, 0.05) is 0 Å². The molecule has 4 nitrogen and oxygen atoms in total. The number of carbonyl (C=O) groups excluding carboxylic acids is 1. The van der Waals surface area contributed by atoms with Crippen LogP contribution in [0.3, 0.4) is 0 Å². The van der Waals surface area contributed by atoms with E-state index < -0.39 is 0 Å². The fourth-order valence-corrected chi connectivity index (χ4v) is 1.64. The summed E-state index contributed by atoms with van der Waals surface area (Å²) >= 11 is 0. The molecule has 0 radical (unpaired) electrons. The molecular formula is C12H9NO3. The molecule has 16 heavy (non-hydrogen) atoms. The Morgan fingerprint density at radius 3 is 2.62 bits per heavy atom. The van der Waals surface area contributed by atoms with Crippen LogP contribution in [0.25, 0.3) is 10.8 Å². The number of hydrogen-bond acceptors (Lipinski definition) is 4. The van der Waals surface area contributed by atoms with Gasteiger partial charge in [0.1, 0.15) is 11.4 Å². The summed E-state index contributed by atoms with van der Waals surface area (Å²) in [5.41, 5.74) is 0.446. The Labute approximate surface area is 91.8 Å². The maximum absolute atomic E-state index is 11.0. The van der Waals surface area contributed by atoms with Crippen LogP contribution in [-0.4, -0.2) is 13.4 Å². The molecule has 2 aromatic rings. The molecule has 0 atom stereocenters. The molecule has 0 aromatic heterocycles. The molecule has 0 heterocycles. The van der Waals surface area contributed by atoms with Crippen molar-refractivity contribution in [2.24, 2.45) is 5.18 Å². The lowest BCUT2D eigenvalue weighted by Crippen LogP contribution is -1.87. The number of benzene rings is 2. The number of ether oxygens (including phenoxy) is 1. The highest BCUT2D eigenvalue weighted by Crippen LogP contribution is 2.29. The van der Waals surface area contributed by atoms with E-state index in [0.29, 0.717) is 23.0 Å². The first-order valence-corrected chi connectivity index (χ1v) is 4.69. The molecule has 0 aliphatic heterocycles. The maximum Gasteiger partial charge on any atom is 0.152 e. The Morgan fingerprint density at radius 1 is 1.25 bits per heavy atom. The molecule has 0 saturated heterocycles. The van der Waals surface area contributed by atoms with Gasteiger partial charge in [0.2, 0.25) is 0 Å². The maximum atomic E-state index is 11.0. The van der Waals surface area contributed by atoms with Gasteiger partial charge in [-0.05, 0) is 34.1 Å². The van der Waals surface area contributed by atoms with Crippen molar-refractivity contribution in [3.8, 4) is 5.75 Å². The van der Waals surface area contributed by atoms with E-state index in [0.717, 1.165) is 5.39 Å². The van der Waals surface area contributed by atoms with Crippen molar-refractivity contribution in [2.75, 3.05) is 7.11 Å². The molecule has 0 saturated carbocycles. The van der Waals surface area contributed by atoms with Gasteiger partial charge in [0.25, 0.3) is 0 Å². The van der Waals surface area contributed by atoms with Gasteiger partial charge in [-0.1, -0.05) is 12.1 Å². The average Bonchev–Trinajstić information content (AvgIpc) is 2.36. The van der Waals surface area contributed by atoms with Crippen LogP contribution in [0.5, 0.6) is 5.75 Å². The quantitative estimate of drug-likeness (QED) is 0.584. The van der Waals surface area contributed by atoms with Gasteiger partial charge >= 0.3 is 0 Å². The molecule has 0 N–H and O–H groups in total. The summed E-state index contributed by atoms with van der Waals surface area (Å²) in [5.74, 6) is 0.638. The topological polar surface area (TPSA) is 55.7 Å². The SMILES string of the molecule is COc1ccc2ccc(N=O)c(C=O)c2c1. The number of hydrogen-bond donors (Lipinski definition) is 0. The molecule has 0 unspecified atom stereocenters. The van der Waals surface area contributed by atoms with E-state index in [2.05, 4.69) is 5.18 Å². The van der Waals surface area contributed by atoms with Gasteiger partial charge in [-0.15, -0.1) is 4.91 Å². The minimum atomic E-state index is 0.149. The largest absolute Gasteiger partial charge is 0.497 e. The van der Waals surface area contributed by atoms with Crippen LogP contribution >= 0.6 is 0 Å². The molecule has 0 aliphatic rings. The fourth-order valence-electron chi connectivity index (χ4n) is 1.64. The average molecular weight is 215 g/mol. The molecule has 80 valence electrons. The van der Waals surface area contributed by atoms with Crippen LogP contribution in [0, 0.1) is 4.91 Å². The van der Waals surface area contributed by atoms with Gasteiger partial charge in [-0.25, -0.2) is 0 Å². The van der Waals surface area contributed by atoms with Crippen LogP contribution in [0.4, 0.5) is 5.69 Å². The Kier molecular flexibility index (Phi) is 2.64. The second-order valence-electron chi connectivity index (χ2n) is 3.29. The minimum absolute atomic E-state index is 0.149. The summed E-state index contributed by atoms with van der Waals surface area (Å²) in [6, 6.07) is 8.62. The molecule has 0 spiro atoms. The molecule has 2 rings (SSSR count). The van der Waals surface area contributed by atoms with Gasteiger partial charge in [0.15, 0.2) is 6.29 Å². The minimum Gasteiger partial charge on any atom is -0.497 e. The number of fused-ring (bicyclic) bond motifs is 1. The Balaban J connectivity index is 2.83. The van der Waals surface area contributed by atoms with Crippen molar-refractivity contribution in [2.45, 2.75) is 0 Å². The summed E-state index contributed by atoms with van der Waals surface area (Å²) in [4.78, 5) is 21.5. The van der Waals surface area contributed by atoms with Crippen LogP contribution in [0.1, 0.15) is 10.4 Å². The van der Waals surface area contributed by atoms with Crippen molar-refractivity contribution < 1.29 is 9.53 Å². The van der Waals surface area contributed by atoms with E-state index in [4.69, 9.17) is 4.74 Å². The first-order valence-electron chi connectivity index (χ1n) is 4.69. The van der Waals surface area contributed by atoms with Crippen molar-refractivity contribution in [1.82, 2.24) is 0 Å². The third-order valence-electron chi connectivity index (χ3n) is 2.46. The van der Waals surface area contributed by atoms with E-state index in [1.807, 2.05) is 6.07 Å². The van der Waals surface area contributed by atoms with E-state index in [-0.39, 0.29) is 5.69 Å². The van der Waals surface area contributed by atoms with E-state index in [9.17, 15) is 9.70 Å². The van der Waals surface area contributed by atoms with Gasteiger partial charge in [-0.3, -0.25) is 4.79 Å². The molecule has 4 heteroatoms. The Hall–Kier alpha value is -2.23. The zero-order valence-electron chi connectivity index (χ0n) is 8.64. The predicted molar refractivity (Wildman–Crippen MR) is 61.3 cm³/mol. The number of nitrogens with zero attached hydrogens (tertiary/aromatic N) is 1. The summed E-state index contributed by atoms with van der Waals surface area (Å²) in [5, 5.41) is 4.37. The molecule has 0 aliphatic carbocycles. The third-order valence-corrected chi connectivity index (χ3v) is 2.46. The second kappa shape index (κ2) is 4.10. The van der Waals surface area contributed by atoms with E-state index >= 15 is 0 Å². The van der Waals surface area contributed by atoms with Crippen LogP contribution in [-0.2, 0) is 0 Å². The van der Waals surface area contributed by atoms with E-state index in [1.165, 1.54) is 6.07 Å². The smallest absolute Gasteiger partial charge is 0.152 e. The summed E-state index contributed by atoms with van der Waals surface area (Å²) in [7, 11) is 1.55. The van der Waals surface area contributed by atoms with Crippen molar-refractivity contribution in [1.29, 1.82) is 0 Å². The molecule has 2 aromatic carbocycles. The van der Waals surface area contributed by atoms with Crippen molar-refractivity contribution in [3.05, 3.63) is 40.8 Å². The zero-order valence-corrected chi connectivity index (χ0v) is 8.64. The third kappa shape index (κ3) is 1.54. The summed E-state index contributed by atoms with van der Waals surface area (Å²) in [6.07, 6.45) is 0.637. The number of rotatable bonds is 3. The number of nitroso groups, excluding NO2 is 1. The lowest BCUT2D eigenvalue weighted by molar-refractivity contribution is 0.112. The lowest BCUT2D eigenvalue weighted by atomic mass is 10.0. The highest BCUT2D eigenvalue weighted by molar-refractivity contribution is 6.03. The fraction of sp³-hybridized carbons (Fsp3) is 0.0833. The standard InChI is InChI=1S/C12H9NO3/c1-16-9-4-2-8-3-5-12(13-15)11(7-14)10(8)6-9/h2-7H,1H3. The lowest BCUT2D eigenvalue weighted by Gasteiger charge is -2.05. The molecular weight excluding hydrogens is 206 g/mol. The van der Waals surface area contributed by atoms with Crippen molar-refractivity contribution in [3.63, 3.8) is 0 Å². The van der Waals surface area contributed by atoms with Crippen LogP contribution in [0.2, 0.25) is 0 Å². The highest BCUT2D eigenvalue weighted by atomic mass is 16.5. The number of carbonyl (C=O) groups is 1. The summed E-state index contributed by atoms with van der Waals surface area (Å²) < 4.78 is 5.07. The Bertz CT molecular complexity index is 563. The first-order chi connectivity index (χ1) is 7.80. The number of aldehydes is 1. The molecule has 0 amide bonds. The second-order valence-corrected chi connectivity index (χ2v) is 3.29. The van der Waals surface area contributed by atoms with Crippen LogP contribution < -0.4 is 4.74 Å². The number of methoxy groups -OCH3 is 1. The highest BCUT2D eigenvalue weighted by Gasteiger charge is 2.08. The zero-order chi connectivity index (χ0) is 11.5. The van der Waals surface area contributed by atoms with Gasteiger partial charge in [0.05, 0.1) is 12.7 Å². The Morgan fingerprint density at radius 2 is 2.00 bits per heavy atom. The van der Waals surface area contributed by atoms with E-state index in [1.54, 1.807) is 25.3 Å². The normalized spacial score (nSPS) is 10.1.